The molecule has 0 unspecified atom stereocenters. The highest BCUT2D eigenvalue weighted by molar-refractivity contribution is 6.34. The number of aryl methyl sites for hydroxylation is 1. The molecular weight excluding hydrogens is 270 g/mol. The Morgan fingerprint density at radius 2 is 1.90 bits per heavy atom. The number of hydrogen-bond acceptors (Lipinski definition) is 2. The Balaban J connectivity index is 2.22. The maximum absolute atomic E-state index is 11.4. The van der Waals surface area contributed by atoms with Crippen LogP contribution in [0.2, 0.25) is 5.02 Å². The Hall–Kier alpha value is -1.80. The van der Waals surface area contributed by atoms with E-state index >= 15 is 0 Å². The molecule has 104 valence electrons. The van der Waals surface area contributed by atoms with Crippen molar-refractivity contribution in [2.75, 3.05) is 11.9 Å². The minimum Gasteiger partial charge on any atom is -0.370 e. The molecule has 0 N–H and O–H groups in total. The SMILES string of the molecule is CC(=O)c1ccc(N(C)Cc2ccccc2C)cc1Cl. The molecule has 0 aromatic heterocycles. The highest BCUT2D eigenvalue weighted by Gasteiger charge is 2.09. The van der Waals surface area contributed by atoms with Crippen LogP contribution >= 0.6 is 11.6 Å². The van der Waals surface area contributed by atoms with Crippen LogP contribution in [-0.4, -0.2) is 12.8 Å². The lowest BCUT2D eigenvalue weighted by Crippen LogP contribution is -2.17. The molecule has 20 heavy (non-hydrogen) atoms. The molecule has 0 aliphatic carbocycles. The third kappa shape index (κ3) is 3.20. The van der Waals surface area contributed by atoms with Crippen molar-refractivity contribution < 1.29 is 4.79 Å². The van der Waals surface area contributed by atoms with Crippen LogP contribution in [0.15, 0.2) is 42.5 Å². The molecule has 0 radical (unpaired) electrons. The lowest BCUT2D eigenvalue weighted by atomic mass is 10.1. The molecule has 0 atom stereocenters. The van der Waals surface area contributed by atoms with Crippen LogP contribution in [-0.2, 0) is 6.54 Å². The number of halogens is 1. The second kappa shape index (κ2) is 6.10. The molecule has 2 aromatic carbocycles. The van der Waals surface area contributed by atoms with Gasteiger partial charge in [-0.05, 0) is 43.2 Å². The number of carbonyl (C=O) groups excluding carboxylic acids is 1. The summed E-state index contributed by atoms with van der Waals surface area (Å²) in [4.78, 5) is 13.5. The van der Waals surface area contributed by atoms with Crippen LogP contribution in [0, 0.1) is 6.92 Å². The molecule has 3 heteroatoms. The predicted molar refractivity (Wildman–Crippen MR) is 84.7 cm³/mol. The summed E-state index contributed by atoms with van der Waals surface area (Å²) in [5.41, 5.74) is 4.12. The van der Waals surface area contributed by atoms with E-state index in [0.29, 0.717) is 10.6 Å². The van der Waals surface area contributed by atoms with Crippen molar-refractivity contribution in [3.8, 4) is 0 Å². The van der Waals surface area contributed by atoms with Gasteiger partial charge < -0.3 is 4.90 Å². The summed E-state index contributed by atoms with van der Waals surface area (Å²) in [6, 6.07) is 13.9. The van der Waals surface area contributed by atoms with Crippen molar-refractivity contribution in [1.82, 2.24) is 0 Å². The van der Waals surface area contributed by atoms with Crippen molar-refractivity contribution in [2.45, 2.75) is 20.4 Å². The number of rotatable bonds is 4. The number of carbonyl (C=O) groups is 1. The van der Waals surface area contributed by atoms with E-state index in [1.807, 2.05) is 31.3 Å². The van der Waals surface area contributed by atoms with Crippen molar-refractivity contribution in [3.63, 3.8) is 0 Å². The molecule has 0 saturated heterocycles. The van der Waals surface area contributed by atoms with E-state index in [0.717, 1.165) is 12.2 Å². The third-order valence-corrected chi connectivity index (χ3v) is 3.75. The van der Waals surface area contributed by atoms with Gasteiger partial charge in [-0.15, -0.1) is 0 Å². The normalized spacial score (nSPS) is 10.4. The predicted octanol–water partition coefficient (Wildman–Crippen LogP) is 4.49. The molecule has 0 saturated carbocycles. The van der Waals surface area contributed by atoms with Gasteiger partial charge in [-0.3, -0.25) is 4.79 Å². The third-order valence-electron chi connectivity index (χ3n) is 3.44. The fraction of sp³-hybridized carbons (Fsp3) is 0.235. The van der Waals surface area contributed by atoms with Gasteiger partial charge in [0.2, 0.25) is 0 Å². The quantitative estimate of drug-likeness (QED) is 0.772. The highest BCUT2D eigenvalue weighted by Crippen LogP contribution is 2.25. The number of ketones is 1. The van der Waals surface area contributed by atoms with Crippen LogP contribution in [0.5, 0.6) is 0 Å². The van der Waals surface area contributed by atoms with E-state index in [1.54, 1.807) is 6.07 Å². The van der Waals surface area contributed by atoms with Crippen LogP contribution in [0.3, 0.4) is 0 Å². The largest absolute Gasteiger partial charge is 0.370 e. The van der Waals surface area contributed by atoms with Crippen molar-refractivity contribution in [3.05, 3.63) is 64.2 Å². The van der Waals surface area contributed by atoms with E-state index in [2.05, 4.69) is 24.0 Å². The summed E-state index contributed by atoms with van der Waals surface area (Å²) >= 11 is 6.16. The maximum Gasteiger partial charge on any atom is 0.161 e. The first-order chi connectivity index (χ1) is 9.49. The Bertz CT molecular complexity index is 637. The second-order valence-corrected chi connectivity index (χ2v) is 5.41. The molecule has 0 heterocycles. The highest BCUT2D eigenvalue weighted by atomic mass is 35.5. The van der Waals surface area contributed by atoms with Gasteiger partial charge in [-0.25, -0.2) is 0 Å². The summed E-state index contributed by atoms with van der Waals surface area (Å²) < 4.78 is 0. The number of hydrogen-bond donors (Lipinski definition) is 0. The first kappa shape index (κ1) is 14.6. The van der Waals surface area contributed by atoms with Crippen LogP contribution in [0.25, 0.3) is 0 Å². The zero-order valence-corrected chi connectivity index (χ0v) is 12.7. The zero-order valence-electron chi connectivity index (χ0n) is 12.0. The zero-order chi connectivity index (χ0) is 14.7. The molecule has 0 fully saturated rings. The number of Topliss-reactive ketones (excluding diaryl/α,β-unsaturated/α-hetero) is 1. The Kier molecular flexibility index (Phi) is 4.46. The average molecular weight is 288 g/mol. The molecule has 2 aromatic rings. The van der Waals surface area contributed by atoms with Crippen molar-refractivity contribution >= 4 is 23.1 Å². The van der Waals surface area contributed by atoms with Gasteiger partial charge in [0.15, 0.2) is 5.78 Å². The van der Waals surface area contributed by atoms with Crippen LogP contribution < -0.4 is 4.90 Å². The van der Waals surface area contributed by atoms with Crippen molar-refractivity contribution in [1.29, 1.82) is 0 Å². The van der Waals surface area contributed by atoms with Gasteiger partial charge >= 0.3 is 0 Å². The second-order valence-electron chi connectivity index (χ2n) is 5.00. The van der Waals surface area contributed by atoms with E-state index in [1.165, 1.54) is 18.1 Å². The minimum absolute atomic E-state index is 0.0110. The van der Waals surface area contributed by atoms with Gasteiger partial charge in [0.05, 0.1) is 5.02 Å². The molecular formula is C17H18ClNO. The molecule has 0 aliphatic heterocycles. The standard InChI is InChI=1S/C17H18ClNO/c1-12-6-4-5-7-14(12)11-19(3)15-8-9-16(13(2)20)17(18)10-15/h4-10H,11H2,1-3H3. The molecule has 2 rings (SSSR count). The topological polar surface area (TPSA) is 20.3 Å². The summed E-state index contributed by atoms with van der Waals surface area (Å²) in [6.07, 6.45) is 0. The van der Waals surface area contributed by atoms with E-state index in [9.17, 15) is 4.79 Å². The molecule has 0 spiro atoms. The van der Waals surface area contributed by atoms with Crippen LogP contribution in [0.4, 0.5) is 5.69 Å². The monoisotopic (exact) mass is 287 g/mol. The van der Waals surface area contributed by atoms with Crippen molar-refractivity contribution in [2.24, 2.45) is 0 Å². The van der Waals surface area contributed by atoms with Gasteiger partial charge in [0.1, 0.15) is 0 Å². The average Bonchev–Trinajstić information content (AvgIpc) is 2.40. The van der Waals surface area contributed by atoms with E-state index in [-0.39, 0.29) is 5.78 Å². The molecule has 2 nitrogen and oxygen atoms in total. The van der Waals surface area contributed by atoms with E-state index in [4.69, 9.17) is 11.6 Å². The van der Waals surface area contributed by atoms with E-state index < -0.39 is 0 Å². The van der Waals surface area contributed by atoms with Gasteiger partial charge in [-0.2, -0.15) is 0 Å². The maximum atomic E-state index is 11.4. The van der Waals surface area contributed by atoms with Crippen LogP contribution in [0.1, 0.15) is 28.4 Å². The Morgan fingerprint density at radius 3 is 2.50 bits per heavy atom. The summed E-state index contributed by atoms with van der Waals surface area (Å²) in [6.45, 7) is 4.44. The Morgan fingerprint density at radius 1 is 1.20 bits per heavy atom. The first-order valence-electron chi connectivity index (χ1n) is 6.55. The van der Waals surface area contributed by atoms with Gasteiger partial charge in [0.25, 0.3) is 0 Å². The molecule has 0 bridgehead atoms. The van der Waals surface area contributed by atoms with Gasteiger partial charge in [-0.1, -0.05) is 35.9 Å². The first-order valence-corrected chi connectivity index (χ1v) is 6.93. The number of nitrogens with zero attached hydrogens (tertiary/aromatic N) is 1. The summed E-state index contributed by atoms with van der Waals surface area (Å²) in [5.74, 6) is -0.0110. The molecule has 0 aliphatic rings. The summed E-state index contributed by atoms with van der Waals surface area (Å²) in [7, 11) is 2.02. The lowest BCUT2D eigenvalue weighted by molar-refractivity contribution is 0.101. The number of anilines is 1. The Labute approximate surface area is 125 Å². The summed E-state index contributed by atoms with van der Waals surface area (Å²) in [5, 5.41) is 0.506. The lowest BCUT2D eigenvalue weighted by Gasteiger charge is -2.21. The minimum atomic E-state index is -0.0110. The van der Waals surface area contributed by atoms with Gasteiger partial charge in [0, 0.05) is 24.8 Å². The molecule has 0 amide bonds. The number of benzene rings is 2. The fourth-order valence-electron chi connectivity index (χ4n) is 2.16. The smallest absolute Gasteiger partial charge is 0.161 e. The fourth-order valence-corrected chi connectivity index (χ4v) is 2.47.